The van der Waals surface area contributed by atoms with E-state index < -0.39 is 0 Å². The summed E-state index contributed by atoms with van der Waals surface area (Å²) in [7, 11) is 1.66. The summed E-state index contributed by atoms with van der Waals surface area (Å²) >= 11 is 0. The highest BCUT2D eigenvalue weighted by molar-refractivity contribution is 5.39. The number of benzene rings is 1. The molecule has 0 aliphatic heterocycles. The molecule has 0 aliphatic carbocycles. The summed E-state index contributed by atoms with van der Waals surface area (Å²) in [5.41, 5.74) is 0. The minimum Gasteiger partial charge on any atom is -0.493 e. The van der Waals surface area contributed by atoms with Crippen LogP contribution in [0.25, 0.3) is 0 Å². The number of ether oxygens (including phenoxy) is 2. The lowest BCUT2D eigenvalue weighted by atomic mass is 10.2. The Bertz CT molecular complexity index is 302. The summed E-state index contributed by atoms with van der Waals surface area (Å²) in [4.78, 5) is 0. The molecule has 3 heteroatoms. The van der Waals surface area contributed by atoms with Gasteiger partial charge in [-0.2, -0.15) is 0 Å². The Kier molecular flexibility index (Phi) is 5.72. The molecule has 0 aromatic heterocycles. The van der Waals surface area contributed by atoms with Crippen LogP contribution in [0.5, 0.6) is 11.5 Å². The van der Waals surface area contributed by atoms with Gasteiger partial charge in [0.15, 0.2) is 11.5 Å². The quantitative estimate of drug-likeness (QED) is 0.770. The van der Waals surface area contributed by atoms with Crippen molar-refractivity contribution in [3.63, 3.8) is 0 Å². The maximum Gasteiger partial charge on any atom is 0.161 e. The largest absolute Gasteiger partial charge is 0.493 e. The van der Waals surface area contributed by atoms with Crippen LogP contribution in [0.2, 0.25) is 0 Å². The SMILES string of the molecule is CCNCC(CC)Oc1ccccc1OC. The average Bonchev–Trinajstić information content (AvgIpc) is 2.34. The second-order valence-electron chi connectivity index (χ2n) is 3.61. The molecule has 1 aromatic rings. The fourth-order valence-electron chi connectivity index (χ4n) is 1.47. The molecule has 1 unspecified atom stereocenters. The van der Waals surface area contributed by atoms with Gasteiger partial charge in [0, 0.05) is 6.54 Å². The van der Waals surface area contributed by atoms with Gasteiger partial charge in [0.2, 0.25) is 0 Å². The first-order valence-electron chi connectivity index (χ1n) is 5.82. The molecule has 3 nitrogen and oxygen atoms in total. The Labute approximate surface area is 97.8 Å². The highest BCUT2D eigenvalue weighted by Gasteiger charge is 2.10. The highest BCUT2D eigenvalue weighted by Crippen LogP contribution is 2.27. The first-order valence-corrected chi connectivity index (χ1v) is 5.82. The van der Waals surface area contributed by atoms with E-state index in [1.807, 2.05) is 24.3 Å². The van der Waals surface area contributed by atoms with Crippen LogP contribution in [0.3, 0.4) is 0 Å². The molecule has 0 radical (unpaired) electrons. The van der Waals surface area contributed by atoms with E-state index in [4.69, 9.17) is 9.47 Å². The second kappa shape index (κ2) is 7.12. The van der Waals surface area contributed by atoms with Gasteiger partial charge in [0.25, 0.3) is 0 Å². The van der Waals surface area contributed by atoms with Gasteiger partial charge in [-0.05, 0) is 25.1 Å². The van der Waals surface area contributed by atoms with E-state index in [0.29, 0.717) is 0 Å². The zero-order valence-electron chi connectivity index (χ0n) is 10.3. The minimum atomic E-state index is 0.191. The van der Waals surface area contributed by atoms with Crippen molar-refractivity contribution in [2.24, 2.45) is 0 Å². The van der Waals surface area contributed by atoms with E-state index in [-0.39, 0.29) is 6.10 Å². The molecule has 1 rings (SSSR count). The molecule has 0 amide bonds. The molecule has 0 spiro atoms. The van der Waals surface area contributed by atoms with Crippen molar-refractivity contribution < 1.29 is 9.47 Å². The third-order valence-electron chi connectivity index (χ3n) is 2.44. The molecule has 0 aliphatic rings. The van der Waals surface area contributed by atoms with Crippen LogP contribution in [0.15, 0.2) is 24.3 Å². The standard InChI is InChI=1S/C13H21NO2/c1-4-11(10-14-5-2)16-13-9-7-6-8-12(13)15-3/h6-9,11,14H,4-5,10H2,1-3H3. The molecule has 0 heterocycles. The molecule has 0 bridgehead atoms. The first-order chi connectivity index (χ1) is 7.81. The van der Waals surface area contributed by atoms with Gasteiger partial charge in [-0.15, -0.1) is 0 Å². The molecule has 1 aromatic carbocycles. The van der Waals surface area contributed by atoms with E-state index in [9.17, 15) is 0 Å². The Morgan fingerprint density at radius 2 is 1.88 bits per heavy atom. The van der Waals surface area contributed by atoms with E-state index in [2.05, 4.69) is 19.2 Å². The van der Waals surface area contributed by atoms with Crippen molar-refractivity contribution in [1.29, 1.82) is 0 Å². The Morgan fingerprint density at radius 3 is 2.44 bits per heavy atom. The van der Waals surface area contributed by atoms with Gasteiger partial charge in [0.1, 0.15) is 6.10 Å². The summed E-state index contributed by atoms with van der Waals surface area (Å²) in [6, 6.07) is 7.75. The lowest BCUT2D eigenvalue weighted by Gasteiger charge is -2.19. The zero-order valence-corrected chi connectivity index (χ0v) is 10.3. The zero-order chi connectivity index (χ0) is 11.8. The maximum atomic E-state index is 5.90. The van der Waals surface area contributed by atoms with Crippen LogP contribution in [0.1, 0.15) is 20.3 Å². The second-order valence-corrected chi connectivity index (χ2v) is 3.61. The number of hydrogen-bond acceptors (Lipinski definition) is 3. The average molecular weight is 223 g/mol. The summed E-state index contributed by atoms with van der Waals surface area (Å²) in [6.07, 6.45) is 1.17. The van der Waals surface area contributed by atoms with Crippen LogP contribution in [0.4, 0.5) is 0 Å². The first kappa shape index (κ1) is 12.8. The predicted octanol–water partition coefficient (Wildman–Crippen LogP) is 2.46. The van der Waals surface area contributed by atoms with Crippen molar-refractivity contribution in [3.8, 4) is 11.5 Å². The Hall–Kier alpha value is -1.22. The van der Waals surface area contributed by atoms with Crippen molar-refractivity contribution in [2.75, 3.05) is 20.2 Å². The molecular formula is C13H21NO2. The van der Waals surface area contributed by atoms with E-state index >= 15 is 0 Å². The molecule has 0 fully saturated rings. The van der Waals surface area contributed by atoms with Gasteiger partial charge in [-0.1, -0.05) is 26.0 Å². The van der Waals surface area contributed by atoms with Crippen LogP contribution < -0.4 is 14.8 Å². The van der Waals surface area contributed by atoms with Crippen LogP contribution >= 0.6 is 0 Å². The highest BCUT2D eigenvalue weighted by atomic mass is 16.5. The fourth-order valence-corrected chi connectivity index (χ4v) is 1.47. The molecule has 1 N–H and O–H groups in total. The maximum absolute atomic E-state index is 5.90. The van der Waals surface area contributed by atoms with Gasteiger partial charge in [-0.3, -0.25) is 0 Å². The fraction of sp³-hybridized carbons (Fsp3) is 0.538. The summed E-state index contributed by atoms with van der Waals surface area (Å²) in [5.74, 6) is 1.60. The van der Waals surface area contributed by atoms with Gasteiger partial charge >= 0.3 is 0 Å². The van der Waals surface area contributed by atoms with E-state index in [1.54, 1.807) is 7.11 Å². The lowest BCUT2D eigenvalue weighted by Crippen LogP contribution is -2.30. The smallest absolute Gasteiger partial charge is 0.161 e. The molecule has 1 atom stereocenters. The van der Waals surface area contributed by atoms with E-state index in [1.165, 1.54) is 0 Å². The van der Waals surface area contributed by atoms with Crippen LogP contribution in [0, 0.1) is 0 Å². The monoisotopic (exact) mass is 223 g/mol. The minimum absolute atomic E-state index is 0.191. The number of rotatable bonds is 7. The van der Waals surface area contributed by atoms with Crippen LogP contribution in [-0.2, 0) is 0 Å². The van der Waals surface area contributed by atoms with Crippen molar-refractivity contribution in [1.82, 2.24) is 5.32 Å². The van der Waals surface area contributed by atoms with Crippen molar-refractivity contribution >= 4 is 0 Å². The third-order valence-corrected chi connectivity index (χ3v) is 2.44. The normalized spacial score (nSPS) is 12.2. The number of hydrogen-bond donors (Lipinski definition) is 1. The van der Waals surface area contributed by atoms with Crippen LogP contribution in [-0.4, -0.2) is 26.3 Å². The lowest BCUT2D eigenvalue weighted by molar-refractivity contribution is 0.186. The van der Waals surface area contributed by atoms with Crippen molar-refractivity contribution in [2.45, 2.75) is 26.4 Å². The van der Waals surface area contributed by atoms with Crippen molar-refractivity contribution in [3.05, 3.63) is 24.3 Å². The number of nitrogens with one attached hydrogen (secondary N) is 1. The summed E-state index contributed by atoms with van der Waals surface area (Å²) < 4.78 is 11.2. The van der Waals surface area contributed by atoms with Gasteiger partial charge < -0.3 is 14.8 Å². The Balaban J connectivity index is 2.62. The summed E-state index contributed by atoms with van der Waals surface area (Å²) in [6.45, 7) is 6.05. The third kappa shape index (κ3) is 3.74. The topological polar surface area (TPSA) is 30.5 Å². The molecule has 0 saturated carbocycles. The number of para-hydroxylation sites is 2. The number of likely N-dealkylation sites (N-methyl/N-ethyl adjacent to an activating group) is 1. The number of methoxy groups -OCH3 is 1. The van der Waals surface area contributed by atoms with Gasteiger partial charge in [0.05, 0.1) is 7.11 Å². The van der Waals surface area contributed by atoms with E-state index in [0.717, 1.165) is 31.0 Å². The Morgan fingerprint density at radius 1 is 1.19 bits per heavy atom. The molecule has 0 saturated heterocycles. The molecule has 16 heavy (non-hydrogen) atoms. The predicted molar refractivity (Wildman–Crippen MR) is 66.2 cm³/mol. The molecule has 90 valence electrons. The summed E-state index contributed by atoms with van der Waals surface area (Å²) in [5, 5.41) is 3.29. The molecular weight excluding hydrogens is 202 g/mol. The van der Waals surface area contributed by atoms with Gasteiger partial charge in [-0.25, -0.2) is 0 Å².